The van der Waals surface area contributed by atoms with E-state index in [1.54, 1.807) is 0 Å². The third-order valence-corrected chi connectivity index (χ3v) is 3.58. The van der Waals surface area contributed by atoms with E-state index in [1.165, 1.54) is 31.6 Å². The molecule has 2 rings (SSSR count). The molecule has 0 atom stereocenters. The quantitative estimate of drug-likeness (QED) is 0.876. The first-order valence-corrected chi connectivity index (χ1v) is 6.46. The van der Waals surface area contributed by atoms with Crippen molar-refractivity contribution in [1.82, 2.24) is 4.98 Å². The molecule has 1 aromatic heterocycles. The zero-order valence-electron chi connectivity index (χ0n) is 10.8. The Labute approximate surface area is 114 Å². The molecular formula is C12H14N2O4S. The van der Waals surface area contributed by atoms with Crippen LogP contribution in [0.3, 0.4) is 0 Å². The highest BCUT2D eigenvalue weighted by Crippen LogP contribution is 2.42. The van der Waals surface area contributed by atoms with Crippen molar-refractivity contribution in [2.45, 2.75) is 6.92 Å². The van der Waals surface area contributed by atoms with Crippen molar-refractivity contribution < 1.29 is 19.4 Å². The van der Waals surface area contributed by atoms with Crippen LogP contribution in [0.5, 0.6) is 11.5 Å². The van der Waals surface area contributed by atoms with E-state index in [-0.39, 0.29) is 5.56 Å². The molecule has 1 aromatic carbocycles. The number of methoxy groups -OCH3 is 2. The van der Waals surface area contributed by atoms with E-state index in [1.807, 2.05) is 6.92 Å². The van der Waals surface area contributed by atoms with Gasteiger partial charge in [-0.2, -0.15) is 0 Å². The highest BCUT2D eigenvalue weighted by Gasteiger charge is 2.21. The average Bonchev–Trinajstić information content (AvgIpc) is 2.79. The summed E-state index contributed by atoms with van der Waals surface area (Å²) in [4.78, 5) is 15.6. The number of benzene rings is 1. The first-order valence-electron chi connectivity index (χ1n) is 5.65. The lowest BCUT2D eigenvalue weighted by Crippen LogP contribution is -2.01. The van der Waals surface area contributed by atoms with Gasteiger partial charge in [-0.05, 0) is 6.92 Å². The van der Waals surface area contributed by atoms with Gasteiger partial charge in [0.15, 0.2) is 16.6 Å². The summed E-state index contributed by atoms with van der Waals surface area (Å²) in [6, 6.07) is 1.43. The van der Waals surface area contributed by atoms with Gasteiger partial charge in [0.25, 0.3) is 0 Å². The van der Waals surface area contributed by atoms with Crippen molar-refractivity contribution in [2.75, 3.05) is 26.1 Å². The maximum absolute atomic E-state index is 11.3. The number of hydrogen-bond donors (Lipinski definition) is 2. The molecule has 6 nitrogen and oxygen atoms in total. The number of thiazole rings is 1. The topological polar surface area (TPSA) is 80.7 Å². The van der Waals surface area contributed by atoms with E-state index in [2.05, 4.69) is 10.3 Å². The van der Waals surface area contributed by atoms with Crippen LogP contribution in [0.4, 0.5) is 5.13 Å². The van der Waals surface area contributed by atoms with Gasteiger partial charge in [-0.3, -0.25) is 0 Å². The number of aromatic carboxylic acids is 1. The summed E-state index contributed by atoms with van der Waals surface area (Å²) in [5, 5.41) is 13.0. The maximum atomic E-state index is 11.3. The summed E-state index contributed by atoms with van der Waals surface area (Å²) >= 11 is 1.34. The van der Waals surface area contributed by atoms with E-state index in [9.17, 15) is 9.90 Å². The van der Waals surface area contributed by atoms with Crippen LogP contribution in [-0.4, -0.2) is 36.8 Å². The molecule has 0 saturated carbocycles. The number of aromatic nitrogens is 1. The van der Waals surface area contributed by atoms with Gasteiger partial charge in [-0.1, -0.05) is 11.3 Å². The van der Waals surface area contributed by atoms with Crippen molar-refractivity contribution in [2.24, 2.45) is 0 Å². The maximum Gasteiger partial charge on any atom is 0.338 e. The van der Waals surface area contributed by atoms with E-state index in [0.29, 0.717) is 33.4 Å². The summed E-state index contributed by atoms with van der Waals surface area (Å²) in [5.74, 6) is -0.150. The van der Waals surface area contributed by atoms with Crippen LogP contribution in [0.25, 0.3) is 10.2 Å². The Bertz CT molecular complexity index is 624. The molecule has 0 fully saturated rings. The van der Waals surface area contributed by atoms with Gasteiger partial charge in [-0.15, -0.1) is 0 Å². The predicted octanol–water partition coefficient (Wildman–Crippen LogP) is 2.44. The second-order valence-corrected chi connectivity index (χ2v) is 4.69. The summed E-state index contributed by atoms with van der Waals surface area (Å²) in [6.45, 7) is 2.66. The van der Waals surface area contributed by atoms with E-state index in [0.717, 1.165) is 0 Å². The number of ether oxygens (including phenoxy) is 2. The SMILES string of the molecule is CCNc1nc2c(C(=O)O)cc(OC)c(OC)c2s1. The largest absolute Gasteiger partial charge is 0.493 e. The molecular weight excluding hydrogens is 268 g/mol. The van der Waals surface area contributed by atoms with Crippen LogP contribution in [-0.2, 0) is 0 Å². The number of hydrogen-bond acceptors (Lipinski definition) is 6. The lowest BCUT2D eigenvalue weighted by Gasteiger charge is -2.09. The number of nitrogens with zero attached hydrogens (tertiary/aromatic N) is 1. The van der Waals surface area contributed by atoms with Crippen molar-refractivity contribution >= 4 is 32.7 Å². The second-order valence-electron chi connectivity index (χ2n) is 3.69. The van der Waals surface area contributed by atoms with Gasteiger partial charge in [-0.25, -0.2) is 9.78 Å². The average molecular weight is 282 g/mol. The number of anilines is 1. The van der Waals surface area contributed by atoms with Gasteiger partial charge >= 0.3 is 5.97 Å². The Balaban J connectivity index is 2.77. The molecule has 0 unspecified atom stereocenters. The Morgan fingerprint density at radius 2 is 2.21 bits per heavy atom. The number of nitrogens with one attached hydrogen (secondary N) is 1. The van der Waals surface area contributed by atoms with E-state index < -0.39 is 5.97 Å². The monoisotopic (exact) mass is 282 g/mol. The predicted molar refractivity (Wildman–Crippen MR) is 73.8 cm³/mol. The Kier molecular flexibility index (Phi) is 3.75. The minimum Gasteiger partial charge on any atom is -0.493 e. The van der Waals surface area contributed by atoms with Gasteiger partial charge in [0.05, 0.1) is 19.8 Å². The van der Waals surface area contributed by atoms with Crippen LogP contribution in [0, 0.1) is 0 Å². The molecule has 19 heavy (non-hydrogen) atoms. The Morgan fingerprint density at radius 3 is 2.74 bits per heavy atom. The van der Waals surface area contributed by atoms with Crippen LogP contribution < -0.4 is 14.8 Å². The van der Waals surface area contributed by atoms with Crippen LogP contribution >= 0.6 is 11.3 Å². The summed E-state index contributed by atoms with van der Waals surface area (Å²) in [6.07, 6.45) is 0. The smallest absolute Gasteiger partial charge is 0.338 e. The van der Waals surface area contributed by atoms with E-state index >= 15 is 0 Å². The minimum absolute atomic E-state index is 0.105. The molecule has 0 aliphatic rings. The van der Waals surface area contributed by atoms with Gasteiger partial charge < -0.3 is 19.9 Å². The van der Waals surface area contributed by atoms with Crippen molar-refractivity contribution in [3.05, 3.63) is 11.6 Å². The van der Waals surface area contributed by atoms with Crippen molar-refractivity contribution in [1.29, 1.82) is 0 Å². The fourth-order valence-electron chi connectivity index (χ4n) is 1.77. The summed E-state index contributed by atoms with van der Waals surface area (Å²) < 4.78 is 11.1. The molecule has 102 valence electrons. The molecule has 1 heterocycles. The lowest BCUT2D eigenvalue weighted by molar-refractivity contribution is 0.0698. The summed E-state index contributed by atoms with van der Waals surface area (Å²) in [7, 11) is 2.99. The number of carboxylic acids is 1. The highest BCUT2D eigenvalue weighted by atomic mass is 32.1. The minimum atomic E-state index is -1.04. The lowest BCUT2D eigenvalue weighted by atomic mass is 10.1. The second kappa shape index (κ2) is 5.31. The molecule has 0 radical (unpaired) electrons. The molecule has 0 aliphatic heterocycles. The standard InChI is InChI=1S/C12H14N2O4S/c1-4-13-12-14-8-6(11(15)16)5-7(17-2)9(18-3)10(8)19-12/h5H,4H2,1-3H3,(H,13,14)(H,15,16). The van der Waals surface area contributed by atoms with Gasteiger partial charge in [0.2, 0.25) is 0 Å². The molecule has 0 amide bonds. The number of carbonyl (C=O) groups is 1. The van der Waals surface area contributed by atoms with Crippen LogP contribution in [0.2, 0.25) is 0 Å². The number of fused-ring (bicyclic) bond motifs is 1. The first kappa shape index (κ1) is 13.4. The molecule has 0 saturated heterocycles. The molecule has 0 spiro atoms. The third kappa shape index (κ3) is 2.28. The van der Waals surface area contributed by atoms with E-state index in [4.69, 9.17) is 9.47 Å². The molecule has 7 heteroatoms. The molecule has 0 aliphatic carbocycles. The fraction of sp³-hybridized carbons (Fsp3) is 0.333. The summed E-state index contributed by atoms with van der Waals surface area (Å²) in [5.41, 5.74) is 0.513. The fourth-order valence-corrected chi connectivity index (χ4v) is 2.84. The van der Waals surface area contributed by atoms with Crippen LogP contribution in [0.1, 0.15) is 17.3 Å². The van der Waals surface area contributed by atoms with Crippen molar-refractivity contribution in [3.63, 3.8) is 0 Å². The zero-order chi connectivity index (χ0) is 14.0. The third-order valence-electron chi connectivity index (χ3n) is 2.57. The Hall–Kier alpha value is -2.02. The number of carboxylic acid groups (broad SMARTS) is 1. The molecule has 2 aromatic rings. The van der Waals surface area contributed by atoms with Crippen LogP contribution in [0.15, 0.2) is 6.07 Å². The Morgan fingerprint density at radius 1 is 1.47 bits per heavy atom. The highest BCUT2D eigenvalue weighted by molar-refractivity contribution is 7.22. The van der Waals surface area contributed by atoms with Gasteiger partial charge in [0, 0.05) is 12.6 Å². The van der Waals surface area contributed by atoms with Crippen molar-refractivity contribution in [3.8, 4) is 11.5 Å². The zero-order valence-corrected chi connectivity index (χ0v) is 11.6. The number of rotatable bonds is 5. The normalized spacial score (nSPS) is 10.5. The molecule has 2 N–H and O–H groups in total. The molecule has 0 bridgehead atoms. The first-order chi connectivity index (χ1) is 9.12. The van der Waals surface area contributed by atoms with Gasteiger partial charge in [0.1, 0.15) is 10.2 Å².